The molecule has 1 aliphatic carbocycles. The van der Waals surface area contributed by atoms with Gasteiger partial charge in [-0.05, 0) is 103 Å². The number of rotatable bonds is 21. The van der Waals surface area contributed by atoms with Crippen LogP contribution in [0.4, 0.5) is 0 Å². The molecular weight excluding hydrogens is 835 g/mol. The van der Waals surface area contributed by atoms with Gasteiger partial charge < -0.3 is 48.5 Å². The second-order valence-corrected chi connectivity index (χ2v) is 18.6. The molecule has 0 bridgehead atoms. The first-order chi connectivity index (χ1) is 30.9. The summed E-state index contributed by atoms with van der Waals surface area (Å²) in [6, 6.07) is 10.0. The third kappa shape index (κ3) is 14.2. The lowest BCUT2D eigenvalue weighted by atomic mass is 9.85. The van der Waals surface area contributed by atoms with Crippen LogP contribution in [0.2, 0.25) is 0 Å². The van der Waals surface area contributed by atoms with Gasteiger partial charge in [0.25, 0.3) is 0 Å². The van der Waals surface area contributed by atoms with Crippen molar-refractivity contribution in [3.05, 3.63) is 71.1 Å². The van der Waals surface area contributed by atoms with E-state index in [0.29, 0.717) is 56.2 Å². The first-order valence-corrected chi connectivity index (χ1v) is 22.6. The summed E-state index contributed by atoms with van der Waals surface area (Å²) in [6.07, 6.45) is 19.3. The van der Waals surface area contributed by atoms with Crippen molar-refractivity contribution in [3.8, 4) is 30.4 Å². The maximum atomic E-state index is 13.8. The van der Waals surface area contributed by atoms with Crippen LogP contribution in [0.5, 0.6) is 5.75 Å². The van der Waals surface area contributed by atoms with Crippen LogP contribution in [0.15, 0.2) is 48.7 Å². The summed E-state index contributed by atoms with van der Waals surface area (Å²) in [4.78, 5) is 45.3. The molecule has 3 N–H and O–H groups in total. The smallest absolute Gasteiger partial charge is 0.318 e. The van der Waals surface area contributed by atoms with Gasteiger partial charge in [0, 0.05) is 36.6 Å². The highest BCUT2D eigenvalue weighted by Gasteiger charge is 2.48. The number of terminal acetylenes is 2. The zero-order chi connectivity index (χ0) is 47.3. The molecule has 2 aromatic rings. The van der Waals surface area contributed by atoms with Gasteiger partial charge in [-0.15, -0.1) is 24.7 Å². The number of esters is 3. The second kappa shape index (κ2) is 23.2. The summed E-state index contributed by atoms with van der Waals surface area (Å²) in [5, 5.41) is 32.2. The van der Waals surface area contributed by atoms with Crippen molar-refractivity contribution in [2.24, 2.45) is 22.7 Å². The molecular formula is C51H67NO13. The SMILES string of the molecule is C#CCC1(C(=O)OCc2cnc(C)c(OC(=O)CCC/C=C\C[C@@H]3[C@@H](CC[C@@H](O)CCc4ccccc4)[C@H](O)C[C@@H]3O)c2COC(=O)C2(CC#C)COC(C)(C)OC2)COC(C)(C)OC1. The predicted molar refractivity (Wildman–Crippen MR) is 239 cm³/mol. The summed E-state index contributed by atoms with van der Waals surface area (Å²) in [7, 11) is 0. The van der Waals surface area contributed by atoms with Crippen LogP contribution >= 0.6 is 0 Å². The summed E-state index contributed by atoms with van der Waals surface area (Å²) in [5.74, 6) is 1.11. The number of hydrogen-bond donors (Lipinski definition) is 3. The third-order valence-electron chi connectivity index (χ3n) is 12.6. The number of unbranched alkanes of at least 4 members (excludes halogenated alkanes) is 1. The molecule has 0 unspecified atom stereocenters. The van der Waals surface area contributed by atoms with Gasteiger partial charge in [0.1, 0.15) is 24.0 Å². The number of nitrogens with zero attached hydrogens (tertiary/aromatic N) is 1. The zero-order valence-electron chi connectivity index (χ0n) is 38.6. The summed E-state index contributed by atoms with van der Waals surface area (Å²) in [6.45, 7) is 7.73. The number of carbonyl (C=O) groups is 3. The summed E-state index contributed by atoms with van der Waals surface area (Å²) < 4.78 is 40.8. The monoisotopic (exact) mass is 901 g/mol. The molecule has 14 heteroatoms. The standard InChI is InChI=1S/C51H67NO13/c1-8-25-50(31-61-48(4,5)62-32-50)46(57)59-29-37-28-52-35(3)45(41(37)30-60-47(58)51(26-9-2)33-63-49(6,7)64-34-51)65-44(56)20-16-11-10-15-19-39-40(43(55)27-42(39)54)24-23-38(53)22-21-36-17-13-12-14-18-36/h1-2,10,12-15,17-18,28,38-40,42-43,53-55H,11,16,19-27,29-34H2,3-7H3/b15-10-/t38-,39+,40+,42-,43+/m0/s1. The molecule has 0 amide bonds. The van der Waals surface area contributed by atoms with Crippen molar-refractivity contribution in [1.29, 1.82) is 0 Å². The van der Waals surface area contributed by atoms with Crippen LogP contribution in [0.25, 0.3) is 0 Å². The van der Waals surface area contributed by atoms with E-state index in [1.807, 2.05) is 42.5 Å². The summed E-state index contributed by atoms with van der Waals surface area (Å²) in [5.41, 5.74) is -0.470. The average Bonchev–Trinajstić information content (AvgIpc) is 3.55. The van der Waals surface area contributed by atoms with E-state index in [9.17, 15) is 29.7 Å². The lowest BCUT2D eigenvalue weighted by Gasteiger charge is -2.41. The Morgan fingerprint density at radius 3 is 2.00 bits per heavy atom. The minimum absolute atomic E-state index is 0.00188. The number of ether oxygens (including phenoxy) is 7. The van der Waals surface area contributed by atoms with Crippen LogP contribution < -0.4 is 4.74 Å². The van der Waals surface area contributed by atoms with E-state index < -0.39 is 58.6 Å². The minimum atomic E-state index is -1.29. The molecule has 65 heavy (non-hydrogen) atoms. The number of carbonyl (C=O) groups excluding carboxylic acids is 3. The molecule has 3 aliphatic rings. The van der Waals surface area contributed by atoms with E-state index in [1.165, 1.54) is 11.8 Å². The molecule has 5 rings (SSSR count). The first kappa shape index (κ1) is 51.3. The lowest BCUT2D eigenvalue weighted by Crippen LogP contribution is -2.51. The van der Waals surface area contributed by atoms with Gasteiger partial charge in [0.2, 0.25) is 0 Å². The van der Waals surface area contributed by atoms with Crippen LogP contribution in [0.3, 0.4) is 0 Å². The molecule has 1 aromatic heterocycles. The maximum absolute atomic E-state index is 13.8. The van der Waals surface area contributed by atoms with Crippen LogP contribution in [0, 0.1) is 54.3 Å². The Morgan fingerprint density at radius 1 is 0.846 bits per heavy atom. The zero-order valence-corrected chi connectivity index (χ0v) is 38.6. The summed E-state index contributed by atoms with van der Waals surface area (Å²) >= 11 is 0. The van der Waals surface area contributed by atoms with E-state index in [4.69, 9.17) is 46.0 Å². The predicted octanol–water partition coefficient (Wildman–Crippen LogP) is 6.22. The highest BCUT2D eigenvalue weighted by molar-refractivity contribution is 5.79. The fourth-order valence-electron chi connectivity index (χ4n) is 8.38. The van der Waals surface area contributed by atoms with Crippen molar-refractivity contribution in [1.82, 2.24) is 4.98 Å². The molecule has 14 nitrogen and oxygen atoms in total. The van der Waals surface area contributed by atoms with E-state index >= 15 is 0 Å². The number of pyridine rings is 1. The normalized spacial score (nSPS) is 23.5. The van der Waals surface area contributed by atoms with Crippen LogP contribution in [0.1, 0.15) is 114 Å². The second-order valence-electron chi connectivity index (χ2n) is 18.6. The maximum Gasteiger partial charge on any atom is 0.318 e. The van der Waals surface area contributed by atoms with Gasteiger partial charge in [-0.2, -0.15) is 0 Å². The van der Waals surface area contributed by atoms with Crippen molar-refractivity contribution in [2.45, 2.75) is 148 Å². The van der Waals surface area contributed by atoms with Crippen molar-refractivity contribution >= 4 is 17.9 Å². The number of benzene rings is 1. The van der Waals surface area contributed by atoms with Crippen molar-refractivity contribution < 1.29 is 62.9 Å². The van der Waals surface area contributed by atoms with Gasteiger partial charge in [-0.25, -0.2) is 0 Å². The average molecular weight is 902 g/mol. The quantitative estimate of drug-likeness (QED) is 0.0555. The van der Waals surface area contributed by atoms with Crippen molar-refractivity contribution in [2.75, 3.05) is 26.4 Å². The fraction of sp³-hybridized carbons (Fsp3) is 0.608. The first-order valence-electron chi connectivity index (χ1n) is 22.6. The molecule has 0 spiro atoms. The number of allylic oxidation sites excluding steroid dienone is 2. The fourth-order valence-corrected chi connectivity index (χ4v) is 8.38. The Labute approximate surface area is 383 Å². The van der Waals surface area contributed by atoms with Gasteiger partial charge >= 0.3 is 17.9 Å². The lowest BCUT2D eigenvalue weighted by molar-refractivity contribution is -0.284. The van der Waals surface area contributed by atoms with Gasteiger partial charge in [0.15, 0.2) is 17.3 Å². The minimum Gasteiger partial charge on any atom is -0.460 e. The highest BCUT2D eigenvalue weighted by Crippen LogP contribution is 2.40. The molecule has 3 fully saturated rings. The number of aliphatic hydroxyl groups is 3. The molecule has 1 saturated carbocycles. The molecule has 1 aromatic carbocycles. The Bertz CT molecular complexity index is 2010. The Hall–Kier alpha value is -4.64. The number of hydrogen-bond acceptors (Lipinski definition) is 14. The molecule has 2 saturated heterocycles. The Morgan fingerprint density at radius 2 is 1.42 bits per heavy atom. The Balaban J connectivity index is 1.21. The molecule has 3 heterocycles. The molecule has 5 atom stereocenters. The number of aliphatic hydroxyl groups excluding tert-OH is 3. The van der Waals surface area contributed by atoms with E-state index in [0.717, 1.165) is 6.42 Å². The topological polar surface area (TPSA) is 189 Å². The van der Waals surface area contributed by atoms with E-state index in [2.05, 4.69) is 16.8 Å². The molecule has 2 aliphatic heterocycles. The van der Waals surface area contributed by atoms with Crippen molar-refractivity contribution in [3.63, 3.8) is 0 Å². The van der Waals surface area contributed by atoms with Gasteiger partial charge in [-0.1, -0.05) is 42.5 Å². The Kier molecular flexibility index (Phi) is 18.3. The number of aryl methyl sites for hydroxylation is 2. The van der Waals surface area contributed by atoms with E-state index in [-0.39, 0.29) is 82.1 Å². The largest absolute Gasteiger partial charge is 0.460 e. The van der Waals surface area contributed by atoms with Crippen LogP contribution in [-0.4, -0.2) is 94.5 Å². The van der Waals surface area contributed by atoms with Gasteiger partial charge in [-0.3, -0.25) is 19.4 Å². The molecule has 354 valence electrons. The third-order valence-corrected chi connectivity index (χ3v) is 12.6. The number of aromatic nitrogens is 1. The van der Waals surface area contributed by atoms with Crippen LogP contribution in [-0.2, 0) is 62.4 Å². The van der Waals surface area contributed by atoms with E-state index in [1.54, 1.807) is 34.6 Å². The molecule has 0 radical (unpaired) electrons. The highest BCUT2D eigenvalue weighted by atomic mass is 16.7. The van der Waals surface area contributed by atoms with Gasteiger partial charge in [0.05, 0.1) is 50.4 Å².